The minimum atomic E-state index is -4.97. The minimum absolute atomic E-state index is 0.108. The zero-order chi connectivity index (χ0) is 80.6. The average molecular weight is 1610 g/mol. The topological polar surface area (TPSA) is 237 Å². The van der Waals surface area contributed by atoms with Crippen LogP contribution in [0.25, 0.3) is 0 Å². The maximum atomic E-state index is 13.2. The first-order valence-corrected chi connectivity index (χ1v) is 50.0. The van der Waals surface area contributed by atoms with Crippen LogP contribution in [0, 0.1) is 11.8 Å². The summed E-state index contributed by atoms with van der Waals surface area (Å²) in [5.41, 5.74) is 0. The maximum Gasteiger partial charge on any atom is 0.472 e. The van der Waals surface area contributed by atoms with Crippen molar-refractivity contribution in [2.45, 2.75) is 509 Å². The quantitative estimate of drug-likeness (QED) is 0.0222. The van der Waals surface area contributed by atoms with E-state index in [0.717, 1.165) is 102 Å². The van der Waals surface area contributed by atoms with E-state index < -0.39 is 97.5 Å². The van der Waals surface area contributed by atoms with Gasteiger partial charge in [0.2, 0.25) is 0 Å². The van der Waals surface area contributed by atoms with E-state index in [1.165, 1.54) is 308 Å². The molecule has 654 valence electrons. The van der Waals surface area contributed by atoms with Crippen LogP contribution < -0.4 is 0 Å². The van der Waals surface area contributed by atoms with Crippen molar-refractivity contribution >= 4 is 39.5 Å². The fourth-order valence-electron chi connectivity index (χ4n) is 14.3. The van der Waals surface area contributed by atoms with Crippen LogP contribution in [0.3, 0.4) is 0 Å². The molecular weight excluding hydrogens is 1430 g/mol. The fraction of sp³-hybridized carbons (Fsp3) is 0.956. The molecule has 0 aliphatic heterocycles. The normalized spacial score (nSPS) is 13.7. The van der Waals surface area contributed by atoms with Crippen LogP contribution in [-0.2, 0) is 65.4 Å². The van der Waals surface area contributed by atoms with Crippen molar-refractivity contribution < 1.29 is 80.2 Å². The molecule has 0 aromatic heterocycles. The third-order valence-corrected chi connectivity index (χ3v) is 23.4. The molecule has 0 fully saturated rings. The van der Waals surface area contributed by atoms with Crippen LogP contribution in [0.2, 0.25) is 0 Å². The highest BCUT2D eigenvalue weighted by Crippen LogP contribution is 2.45. The maximum absolute atomic E-state index is 13.2. The molecule has 0 aliphatic rings. The molecule has 0 saturated heterocycles. The van der Waals surface area contributed by atoms with E-state index in [0.29, 0.717) is 25.7 Å². The van der Waals surface area contributed by atoms with Crippen LogP contribution in [0.4, 0.5) is 0 Å². The standard InChI is InChI=1S/C91H178O17P2/c1-7-9-11-13-15-17-19-21-22-23-24-28-31-38-44-50-56-62-68-74-89(94)102-80-87(107-90(95)75-69-63-57-51-45-39-32-29-26-25-27-30-36-41-47-53-59-65-71-83(3)4)82-106-110(99,100)104-78-85(92)77-103-109(97,98)105-81-86(79-101-88(93)73-67-61-55-49-43-35-20-18-16-14-12-10-8-2)108-91(96)76-70-64-58-52-46-40-34-33-37-42-48-54-60-66-72-84(5)6/h83-87,92H,7-82H2,1-6H3,(H,97,98)(H,99,100)/t85-,86+,87+/m0/s1. The monoisotopic (exact) mass is 1610 g/mol. The third kappa shape index (κ3) is 84.0. The second-order valence-corrected chi connectivity index (χ2v) is 36.6. The molecule has 0 aliphatic carbocycles. The number of unbranched alkanes of at least 4 members (excludes halogenated alkanes) is 60. The Balaban J connectivity index is 5.26. The molecule has 0 aromatic carbocycles. The summed E-state index contributed by atoms with van der Waals surface area (Å²) in [6.45, 7) is 9.77. The van der Waals surface area contributed by atoms with E-state index in [-0.39, 0.29) is 25.7 Å². The van der Waals surface area contributed by atoms with Gasteiger partial charge < -0.3 is 33.8 Å². The Kier molecular flexibility index (Phi) is 80.7. The van der Waals surface area contributed by atoms with Gasteiger partial charge in [-0.15, -0.1) is 0 Å². The Hall–Kier alpha value is -1.94. The molecule has 2 unspecified atom stereocenters. The van der Waals surface area contributed by atoms with E-state index in [9.17, 15) is 43.2 Å². The summed E-state index contributed by atoms with van der Waals surface area (Å²) in [7, 11) is -9.94. The average Bonchev–Trinajstić information content (AvgIpc) is 0.898. The van der Waals surface area contributed by atoms with Crippen LogP contribution >= 0.6 is 15.6 Å². The number of esters is 4. The van der Waals surface area contributed by atoms with Crippen molar-refractivity contribution in [3.8, 4) is 0 Å². The molecule has 0 spiro atoms. The zero-order valence-corrected chi connectivity index (χ0v) is 74.4. The number of carbonyl (C=O) groups excluding carboxylic acids is 4. The number of carbonyl (C=O) groups is 4. The van der Waals surface area contributed by atoms with Crippen molar-refractivity contribution in [1.29, 1.82) is 0 Å². The highest BCUT2D eigenvalue weighted by atomic mass is 31.2. The minimum Gasteiger partial charge on any atom is -0.462 e. The summed E-state index contributed by atoms with van der Waals surface area (Å²) in [4.78, 5) is 73.4. The second-order valence-electron chi connectivity index (χ2n) is 33.6. The van der Waals surface area contributed by atoms with E-state index in [1.54, 1.807) is 0 Å². The predicted molar refractivity (Wildman–Crippen MR) is 455 cm³/mol. The van der Waals surface area contributed by atoms with Crippen LogP contribution in [0.15, 0.2) is 0 Å². The summed E-state index contributed by atoms with van der Waals surface area (Å²) >= 11 is 0. The van der Waals surface area contributed by atoms with Gasteiger partial charge in [-0.1, -0.05) is 440 Å². The number of hydrogen-bond donors (Lipinski definition) is 3. The second kappa shape index (κ2) is 82.2. The Morgan fingerprint density at radius 1 is 0.245 bits per heavy atom. The van der Waals surface area contributed by atoms with Gasteiger partial charge in [-0.05, 0) is 37.5 Å². The van der Waals surface area contributed by atoms with Gasteiger partial charge in [0.05, 0.1) is 26.4 Å². The summed E-state index contributed by atoms with van der Waals surface area (Å²) in [6.07, 6.45) is 76.3. The zero-order valence-electron chi connectivity index (χ0n) is 72.6. The van der Waals surface area contributed by atoms with E-state index >= 15 is 0 Å². The third-order valence-electron chi connectivity index (χ3n) is 21.5. The van der Waals surface area contributed by atoms with Gasteiger partial charge >= 0.3 is 39.5 Å². The number of aliphatic hydroxyl groups is 1. The molecule has 0 saturated carbocycles. The number of ether oxygens (including phenoxy) is 4. The summed E-state index contributed by atoms with van der Waals surface area (Å²) in [5.74, 6) is -0.478. The van der Waals surface area contributed by atoms with E-state index in [1.807, 2.05) is 0 Å². The SMILES string of the molecule is CCCCCCCCCCCCCCCCCCCCCC(=O)OC[C@H](COP(=O)(O)OC[C@@H](O)COP(=O)(O)OC[C@@H](COC(=O)CCCCCCCCCCCCCCC)OC(=O)CCCCCCCCCCCCCCCCC(C)C)OC(=O)CCCCCCCCCCCCCCCCCCCCC(C)C. The number of aliphatic hydroxyl groups excluding tert-OH is 1. The van der Waals surface area contributed by atoms with Gasteiger partial charge in [0.15, 0.2) is 12.2 Å². The lowest BCUT2D eigenvalue weighted by molar-refractivity contribution is -0.161. The molecular formula is C91H178O17P2. The van der Waals surface area contributed by atoms with Gasteiger partial charge in [0, 0.05) is 25.7 Å². The van der Waals surface area contributed by atoms with E-state index in [4.69, 9.17) is 37.0 Å². The first-order valence-electron chi connectivity index (χ1n) is 47.0. The lowest BCUT2D eigenvalue weighted by atomic mass is 10.0. The smallest absolute Gasteiger partial charge is 0.462 e. The number of phosphoric acid groups is 2. The molecule has 19 heteroatoms. The largest absolute Gasteiger partial charge is 0.472 e. The molecule has 3 N–H and O–H groups in total. The molecule has 0 bridgehead atoms. The summed E-state index contributed by atoms with van der Waals surface area (Å²) in [6, 6.07) is 0. The predicted octanol–water partition coefficient (Wildman–Crippen LogP) is 28.2. The molecule has 0 rings (SSSR count). The molecule has 110 heavy (non-hydrogen) atoms. The van der Waals surface area contributed by atoms with Gasteiger partial charge in [0.25, 0.3) is 0 Å². The van der Waals surface area contributed by atoms with Crippen molar-refractivity contribution in [1.82, 2.24) is 0 Å². The van der Waals surface area contributed by atoms with Crippen LogP contribution in [0.1, 0.15) is 491 Å². The fourth-order valence-corrected chi connectivity index (χ4v) is 15.9. The Morgan fingerprint density at radius 2 is 0.418 bits per heavy atom. The first kappa shape index (κ1) is 108. The first-order chi connectivity index (χ1) is 53.4. The van der Waals surface area contributed by atoms with Crippen LogP contribution in [0.5, 0.6) is 0 Å². The highest BCUT2D eigenvalue weighted by molar-refractivity contribution is 7.47. The van der Waals surface area contributed by atoms with Crippen molar-refractivity contribution in [3.63, 3.8) is 0 Å². The summed E-state index contributed by atoms with van der Waals surface area (Å²) < 4.78 is 69.1. The highest BCUT2D eigenvalue weighted by Gasteiger charge is 2.31. The lowest BCUT2D eigenvalue weighted by Crippen LogP contribution is -2.30. The Bertz CT molecular complexity index is 2100. The lowest BCUT2D eigenvalue weighted by Gasteiger charge is -2.21. The molecule has 5 atom stereocenters. The molecule has 0 amide bonds. The number of phosphoric ester groups is 2. The Labute approximate surface area is 677 Å². The summed E-state index contributed by atoms with van der Waals surface area (Å²) in [5, 5.41) is 10.7. The van der Waals surface area contributed by atoms with Gasteiger partial charge in [0.1, 0.15) is 19.3 Å². The van der Waals surface area contributed by atoms with Gasteiger partial charge in [-0.3, -0.25) is 37.3 Å². The number of rotatable bonds is 90. The van der Waals surface area contributed by atoms with Crippen LogP contribution in [-0.4, -0.2) is 96.7 Å². The Morgan fingerprint density at radius 3 is 0.618 bits per heavy atom. The van der Waals surface area contributed by atoms with E-state index in [2.05, 4.69) is 41.5 Å². The van der Waals surface area contributed by atoms with Crippen molar-refractivity contribution in [2.24, 2.45) is 11.8 Å². The number of hydrogen-bond acceptors (Lipinski definition) is 15. The van der Waals surface area contributed by atoms with Gasteiger partial charge in [-0.25, -0.2) is 9.13 Å². The molecule has 0 radical (unpaired) electrons. The van der Waals surface area contributed by atoms with Crippen molar-refractivity contribution in [3.05, 3.63) is 0 Å². The van der Waals surface area contributed by atoms with Crippen molar-refractivity contribution in [2.75, 3.05) is 39.6 Å². The molecule has 17 nitrogen and oxygen atoms in total. The molecule has 0 aromatic rings. The molecule has 0 heterocycles. The van der Waals surface area contributed by atoms with Gasteiger partial charge in [-0.2, -0.15) is 0 Å².